The molecule has 2 nitrogen and oxygen atoms in total. The minimum Gasteiger partial charge on any atom is -0.309 e. The van der Waals surface area contributed by atoms with Gasteiger partial charge in [0.2, 0.25) is 0 Å². The van der Waals surface area contributed by atoms with E-state index in [0.717, 1.165) is 25.7 Å². The first-order chi connectivity index (χ1) is 8.19. The Hall–Kier alpha value is -0.640. The highest BCUT2D eigenvalue weighted by Gasteiger charge is 2.20. The molecule has 0 amide bonds. The molecule has 1 saturated carbocycles. The van der Waals surface area contributed by atoms with E-state index in [1.54, 1.807) is 0 Å². The van der Waals surface area contributed by atoms with Crippen molar-refractivity contribution in [2.24, 2.45) is 0 Å². The van der Waals surface area contributed by atoms with Crippen molar-refractivity contribution >= 4 is 11.3 Å². The molecule has 0 unspecified atom stereocenters. The molecule has 94 valence electrons. The second-order valence-electron chi connectivity index (χ2n) is 4.93. The molecule has 0 aliphatic heterocycles. The molecule has 2 rings (SSSR count). The van der Waals surface area contributed by atoms with Gasteiger partial charge in [0.25, 0.3) is 0 Å². The molecule has 0 bridgehead atoms. The van der Waals surface area contributed by atoms with Crippen LogP contribution in [0, 0.1) is 6.92 Å². The van der Waals surface area contributed by atoms with E-state index in [1.807, 2.05) is 17.4 Å². The van der Waals surface area contributed by atoms with Crippen LogP contribution in [0.5, 0.6) is 0 Å². The molecule has 1 aromatic heterocycles. The number of thiophene rings is 1. The molecule has 0 spiro atoms. The number of nitrogens with one attached hydrogen (secondary N) is 1. The molecular formula is C14H22N2S. The third kappa shape index (κ3) is 3.95. The summed E-state index contributed by atoms with van der Waals surface area (Å²) < 4.78 is 0. The van der Waals surface area contributed by atoms with Crippen molar-refractivity contribution in [3.63, 3.8) is 0 Å². The summed E-state index contributed by atoms with van der Waals surface area (Å²) in [6, 6.07) is 3.15. The van der Waals surface area contributed by atoms with E-state index in [0.29, 0.717) is 0 Å². The van der Waals surface area contributed by atoms with E-state index in [9.17, 15) is 0 Å². The molecule has 0 radical (unpaired) electrons. The first-order valence-corrected chi connectivity index (χ1v) is 7.11. The summed E-state index contributed by atoms with van der Waals surface area (Å²) in [5.74, 6) is 0. The zero-order valence-electron chi connectivity index (χ0n) is 10.8. The van der Waals surface area contributed by atoms with Crippen molar-refractivity contribution in [1.29, 1.82) is 0 Å². The molecule has 1 aromatic rings. The number of nitrogens with zero attached hydrogens (tertiary/aromatic N) is 1. The highest BCUT2D eigenvalue weighted by atomic mass is 32.1. The molecule has 1 aliphatic rings. The number of likely N-dealkylation sites (N-methyl/N-ethyl adjacent to an activating group) is 1. The topological polar surface area (TPSA) is 15.3 Å². The lowest BCUT2D eigenvalue weighted by molar-refractivity contribution is 0.363. The lowest BCUT2D eigenvalue weighted by Crippen LogP contribution is -2.17. The maximum atomic E-state index is 3.78. The van der Waals surface area contributed by atoms with Crippen LogP contribution in [0.25, 0.3) is 0 Å². The first-order valence-electron chi connectivity index (χ1n) is 6.30. The largest absolute Gasteiger partial charge is 0.309 e. The Bertz CT molecular complexity index is 380. The summed E-state index contributed by atoms with van der Waals surface area (Å²) in [6.07, 6.45) is 4.68. The van der Waals surface area contributed by atoms with Gasteiger partial charge in [0, 0.05) is 35.4 Å². The molecule has 1 aliphatic carbocycles. The normalized spacial score (nSPS) is 15.5. The predicted molar refractivity (Wildman–Crippen MR) is 75.4 cm³/mol. The van der Waals surface area contributed by atoms with E-state index < -0.39 is 0 Å². The van der Waals surface area contributed by atoms with E-state index in [-0.39, 0.29) is 0 Å². The van der Waals surface area contributed by atoms with Crippen molar-refractivity contribution in [1.82, 2.24) is 10.2 Å². The zero-order valence-corrected chi connectivity index (χ0v) is 11.6. The lowest BCUT2D eigenvalue weighted by Gasteiger charge is -2.13. The van der Waals surface area contributed by atoms with Gasteiger partial charge in [-0.3, -0.25) is 4.90 Å². The van der Waals surface area contributed by atoms with Gasteiger partial charge in [-0.1, -0.05) is 6.08 Å². The van der Waals surface area contributed by atoms with Crippen LogP contribution >= 0.6 is 11.3 Å². The fourth-order valence-electron chi connectivity index (χ4n) is 1.94. The fourth-order valence-corrected chi connectivity index (χ4v) is 2.94. The van der Waals surface area contributed by atoms with Crippen LogP contribution in [0.3, 0.4) is 0 Å². The van der Waals surface area contributed by atoms with E-state index in [1.165, 1.54) is 28.2 Å². The van der Waals surface area contributed by atoms with Gasteiger partial charge in [0.05, 0.1) is 0 Å². The van der Waals surface area contributed by atoms with Crippen LogP contribution in [0.15, 0.2) is 18.7 Å². The smallest absolute Gasteiger partial charge is 0.0302 e. The second kappa shape index (κ2) is 5.80. The van der Waals surface area contributed by atoms with Gasteiger partial charge in [-0.15, -0.1) is 17.9 Å². The van der Waals surface area contributed by atoms with Crippen molar-refractivity contribution in [2.45, 2.75) is 38.9 Å². The quantitative estimate of drug-likeness (QED) is 0.749. The highest BCUT2D eigenvalue weighted by molar-refractivity contribution is 7.12. The lowest BCUT2D eigenvalue weighted by atomic mass is 10.2. The Kier molecular flexibility index (Phi) is 4.37. The third-order valence-corrected chi connectivity index (χ3v) is 4.19. The van der Waals surface area contributed by atoms with Crippen LogP contribution in [0.4, 0.5) is 0 Å². The Balaban J connectivity index is 1.89. The Morgan fingerprint density at radius 1 is 1.59 bits per heavy atom. The summed E-state index contributed by atoms with van der Waals surface area (Å²) in [5.41, 5.74) is 1.46. The molecule has 0 saturated heterocycles. The molecule has 1 N–H and O–H groups in total. The van der Waals surface area contributed by atoms with Crippen LogP contribution in [-0.4, -0.2) is 24.5 Å². The summed E-state index contributed by atoms with van der Waals surface area (Å²) in [5, 5.41) is 3.57. The van der Waals surface area contributed by atoms with E-state index in [4.69, 9.17) is 0 Å². The van der Waals surface area contributed by atoms with E-state index in [2.05, 4.69) is 36.8 Å². The number of rotatable bonds is 7. The average molecular weight is 250 g/mol. The molecule has 1 heterocycles. The predicted octanol–water partition coefficient (Wildman–Crippen LogP) is 2.93. The summed E-state index contributed by atoms with van der Waals surface area (Å²) in [4.78, 5) is 5.21. The number of aryl methyl sites for hydroxylation is 1. The summed E-state index contributed by atoms with van der Waals surface area (Å²) in [7, 11) is 2.14. The fraction of sp³-hybridized carbons (Fsp3) is 0.571. The van der Waals surface area contributed by atoms with Gasteiger partial charge in [-0.05, 0) is 38.4 Å². The highest BCUT2D eigenvalue weighted by Crippen LogP contribution is 2.25. The van der Waals surface area contributed by atoms with Crippen molar-refractivity contribution < 1.29 is 0 Å². The minimum absolute atomic E-state index is 0.796. The zero-order chi connectivity index (χ0) is 12.3. The van der Waals surface area contributed by atoms with Crippen LogP contribution in [-0.2, 0) is 13.1 Å². The molecule has 17 heavy (non-hydrogen) atoms. The maximum absolute atomic E-state index is 3.78. The monoisotopic (exact) mass is 250 g/mol. The Morgan fingerprint density at radius 2 is 2.35 bits per heavy atom. The third-order valence-electron chi connectivity index (χ3n) is 3.09. The average Bonchev–Trinajstić information content (AvgIpc) is 3.03. The van der Waals surface area contributed by atoms with Gasteiger partial charge in [-0.25, -0.2) is 0 Å². The minimum atomic E-state index is 0.796. The van der Waals surface area contributed by atoms with Crippen molar-refractivity contribution in [2.75, 3.05) is 13.6 Å². The first kappa shape index (κ1) is 12.8. The van der Waals surface area contributed by atoms with Crippen LogP contribution in [0.2, 0.25) is 0 Å². The van der Waals surface area contributed by atoms with Crippen molar-refractivity contribution in [3.8, 4) is 0 Å². The van der Waals surface area contributed by atoms with Crippen molar-refractivity contribution in [3.05, 3.63) is 34.0 Å². The number of hydrogen-bond acceptors (Lipinski definition) is 3. The standard InChI is InChI=1S/C14H22N2S/c1-4-7-16(3)10-12-8-14(17-11(12)2)9-15-13-5-6-13/h4,8,13,15H,1,5-7,9-10H2,2-3H3. The van der Waals surface area contributed by atoms with Crippen LogP contribution in [0.1, 0.15) is 28.2 Å². The summed E-state index contributed by atoms with van der Waals surface area (Å²) in [6.45, 7) is 9.02. The van der Waals surface area contributed by atoms with E-state index >= 15 is 0 Å². The molecule has 0 atom stereocenters. The maximum Gasteiger partial charge on any atom is 0.0302 e. The van der Waals surface area contributed by atoms with Gasteiger partial charge in [-0.2, -0.15) is 0 Å². The number of hydrogen-bond donors (Lipinski definition) is 1. The van der Waals surface area contributed by atoms with Gasteiger partial charge < -0.3 is 5.32 Å². The van der Waals surface area contributed by atoms with Gasteiger partial charge in [0.15, 0.2) is 0 Å². The second-order valence-corrected chi connectivity index (χ2v) is 6.28. The Morgan fingerprint density at radius 3 is 3.00 bits per heavy atom. The summed E-state index contributed by atoms with van der Waals surface area (Å²) >= 11 is 1.93. The molecular weight excluding hydrogens is 228 g/mol. The molecule has 3 heteroatoms. The SMILES string of the molecule is C=CCN(C)Cc1cc(CNC2CC2)sc1C. The van der Waals surface area contributed by atoms with Crippen LogP contribution < -0.4 is 5.32 Å². The molecule has 1 fully saturated rings. The Labute approximate surface area is 108 Å². The van der Waals surface area contributed by atoms with Gasteiger partial charge >= 0.3 is 0 Å². The van der Waals surface area contributed by atoms with Gasteiger partial charge in [0.1, 0.15) is 0 Å². The molecule has 0 aromatic carbocycles.